The second kappa shape index (κ2) is 17.0. The summed E-state index contributed by atoms with van der Waals surface area (Å²) < 4.78 is 0. The topological polar surface area (TPSA) is 38.0 Å². The molecule has 0 aliphatic heterocycles. The monoisotopic (exact) mass is 344 g/mol. The SMILES string of the molecule is Br.Br.CC(C)=CCNCCCCCCN. The molecule has 0 radical (unpaired) electrons. The second-order valence-electron chi connectivity index (χ2n) is 3.69. The molecule has 0 aromatic heterocycles. The zero-order valence-corrected chi connectivity index (χ0v) is 13.3. The van der Waals surface area contributed by atoms with Crippen molar-refractivity contribution in [3.63, 3.8) is 0 Å². The molecule has 0 amide bonds. The minimum atomic E-state index is 0. The minimum Gasteiger partial charge on any atom is -0.330 e. The molecular weight excluding hydrogens is 320 g/mol. The first-order valence-electron chi connectivity index (χ1n) is 5.31. The first-order chi connectivity index (χ1) is 6.27. The van der Waals surface area contributed by atoms with Crippen LogP contribution in [0.4, 0.5) is 0 Å². The van der Waals surface area contributed by atoms with Crippen LogP contribution in [-0.4, -0.2) is 19.6 Å². The summed E-state index contributed by atoms with van der Waals surface area (Å²) in [6.07, 6.45) is 7.25. The van der Waals surface area contributed by atoms with E-state index in [0.29, 0.717) is 0 Å². The lowest BCUT2D eigenvalue weighted by molar-refractivity contribution is 0.609. The molecule has 3 N–H and O–H groups in total. The Kier molecular flexibility index (Phi) is 23.8. The summed E-state index contributed by atoms with van der Waals surface area (Å²) in [6.45, 7) is 7.24. The van der Waals surface area contributed by atoms with E-state index >= 15 is 0 Å². The predicted molar refractivity (Wildman–Crippen MR) is 80.5 cm³/mol. The average Bonchev–Trinajstić information content (AvgIpc) is 2.09. The molecule has 0 aliphatic rings. The van der Waals surface area contributed by atoms with Gasteiger partial charge in [0.1, 0.15) is 0 Å². The number of unbranched alkanes of at least 4 members (excludes halogenated alkanes) is 3. The molecule has 94 valence electrons. The normalized spacial score (nSPS) is 8.73. The molecule has 0 saturated carbocycles. The third kappa shape index (κ3) is 20.6. The van der Waals surface area contributed by atoms with Crippen molar-refractivity contribution in [3.8, 4) is 0 Å². The summed E-state index contributed by atoms with van der Waals surface area (Å²) in [6, 6.07) is 0. The molecule has 15 heavy (non-hydrogen) atoms. The van der Waals surface area contributed by atoms with Crippen LogP contribution in [0.5, 0.6) is 0 Å². The molecule has 0 saturated heterocycles. The first-order valence-corrected chi connectivity index (χ1v) is 5.31. The Morgan fingerprint density at radius 1 is 1.07 bits per heavy atom. The maximum absolute atomic E-state index is 5.40. The van der Waals surface area contributed by atoms with Crippen molar-refractivity contribution in [3.05, 3.63) is 11.6 Å². The van der Waals surface area contributed by atoms with E-state index in [2.05, 4.69) is 25.2 Å². The summed E-state index contributed by atoms with van der Waals surface area (Å²) in [5.41, 5.74) is 6.79. The zero-order valence-electron chi connectivity index (χ0n) is 9.92. The zero-order chi connectivity index (χ0) is 9.94. The Morgan fingerprint density at radius 3 is 2.20 bits per heavy atom. The summed E-state index contributed by atoms with van der Waals surface area (Å²) in [4.78, 5) is 0. The summed E-state index contributed by atoms with van der Waals surface area (Å²) in [5.74, 6) is 0. The van der Waals surface area contributed by atoms with E-state index in [9.17, 15) is 0 Å². The van der Waals surface area contributed by atoms with Crippen LogP contribution < -0.4 is 11.1 Å². The Labute approximate surface area is 116 Å². The van der Waals surface area contributed by atoms with Crippen molar-refractivity contribution in [2.45, 2.75) is 39.5 Å². The smallest absolute Gasteiger partial charge is 0.0137 e. The summed E-state index contributed by atoms with van der Waals surface area (Å²) >= 11 is 0. The van der Waals surface area contributed by atoms with E-state index in [0.717, 1.165) is 19.6 Å². The number of nitrogens with one attached hydrogen (secondary N) is 1. The molecule has 0 heterocycles. The van der Waals surface area contributed by atoms with Crippen LogP contribution in [-0.2, 0) is 0 Å². The standard InChI is InChI=1S/C11H24N2.2BrH/c1-11(2)7-10-13-9-6-4-3-5-8-12;;/h7,13H,3-6,8-10,12H2,1-2H3;2*1H. The predicted octanol–water partition coefficient (Wildman–Crippen LogP) is 3.22. The van der Waals surface area contributed by atoms with Crippen LogP contribution >= 0.6 is 34.0 Å². The average molecular weight is 346 g/mol. The van der Waals surface area contributed by atoms with Gasteiger partial charge in [-0.3, -0.25) is 0 Å². The lowest BCUT2D eigenvalue weighted by Crippen LogP contribution is -2.15. The Bertz CT molecular complexity index is 135. The number of halogens is 2. The van der Waals surface area contributed by atoms with Gasteiger partial charge in [-0.15, -0.1) is 34.0 Å². The molecule has 0 fully saturated rings. The molecule has 0 bridgehead atoms. The molecule has 0 atom stereocenters. The van der Waals surface area contributed by atoms with Crippen molar-refractivity contribution in [2.75, 3.05) is 19.6 Å². The van der Waals surface area contributed by atoms with Crippen LogP contribution in [0.25, 0.3) is 0 Å². The largest absolute Gasteiger partial charge is 0.330 e. The maximum Gasteiger partial charge on any atom is 0.0137 e. The van der Waals surface area contributed by atoms with E-state index in [4.69, 9.17) is 5.73 Å². The molecule has 0 aromatic rings. The highest BCUT2D eigenvalue weighted by Crippen LogP contribution is 1.96. The number of rotatable bonds is 8. The van der Waals surface area contributed by atoms with Crippen LogP contribution in [0.15, 0.2) is 11.6 Å². The van der Waals surface area contributed by atoms with Crippen LogP contribution in [0, 0.1) is 0 Å². The van der Waals surface area contributed by atoms with Gasteiger partial charge < -0.3 is 11.1 Å². The molecule has 4 heteroatoms. The van der Waals surface area contributed by atoms with Crippen molar-refractivity contribution in [1.29, 1.82) is 0 Å². The van der Waals surface area contributed by atoms with Gasteiger partial charge in [0.2, 0.25) is 0 Å². The van der Waals surface area contributed by atoms with E-state index in [1.807, 2.05) is 0 Å². The van der Waals surface area contributed by atoms with Crippen molar-refractivity contribution in [2.24, 2.45) is 5.73 Å². The highest BCUT2D eigenvalue weighted by molar-refractivity contribution is 8.93. The molecule has 0 spiro atoms. The third-order valence-corrected chi connectivity index (χ3v) is 1.96. The lowest BCUT2D eigenvalue weighted by atomic mass is 10.2. The molecule has 0 aliphatic carbocycles. The van der Waals surface area contributed by atoms with Crippen LogP contribution in [0.3, 0.4) is 0 Å². The molecular formula is C11H26Br2N2. The van der Waals surface area contributed by atoms with Crippen molar-refractivity contribution >= 4 is 34.0 Å². The molecule has 2 nitrogen and oxygen atoms in total. The van der Waals surface area contributed by atoms with Crippen molar-refractivity contribution in [1.82, 2.24) is 5.32 Å². The quantitative estimate of drug-likeness (QED) is 0.523. The fraction of sp³-hybridized carbons (Fsp3) is 0.818. The minimum absolute atomic E-state index is 0. The van der Waals surface area contributed by atoms with E-state index in [-0.39, 0.29) is 34.0 Å². The number of nitrogens with two attached hydrogens (primary N) is 1. The highest BCUT2D eigenvalue weighted by Gasteiger charge is 1.87. The van der Waals surface area contributed by atoms with Gasteiger partial charge in [0, 0.05) is 6.54 Å². The fourth-order valence-corrected chi connectivity index (χ4v) is 1.13. The summed E-state index contributed by atoms with van der Waals surface area (Å²) in [5, 5.41) is 3.39. The van der Waals surface area contributed by atoms with E-state index in [1.54, 1.807) is 0 Å². The summed E-state index contributed by atoms with van der Waals surface area (Å²) in [7, 11) is 0. The number of hydrogen-bond acceptors (Lipinski definition) is 2. The van der Waals surface area contributed by atoms with Gasteiger partial charge in [0.05, 0.1) is 0 Å². The van der Waals surface area contributed by atoms with Gasteiger partial charge in [-0.05, 0) is 39.8 Å². The van der Waals surface area contributed by atoms with Gasteiger partial charge in [0.25, 0.3) is 0 Å². The number of hydrogen-bond donors (Lipinski definition) is 2. The third-order valence-electron chi connectivity index (χ3n) is 1.96. The van der Waals surface area contributed by atoms with Crippen molar-refractivity contribution < 1.29 is 0 Å². The lowest BCUT2D eigenvalue weighted by Gasteiger charge is -2.01. The molecule has 0 aromatic carbocycles. The maximum atomic E-state index is 5.40. The van der Waals surface area contributed by atoms with E-state index < -0.39 is 0 Å². The van der Waals surface area contributed by atoms with Crippen LogP contribution in [0.2, 0.25) is 0 Å². The highest BCUT2D eigenvalue weighted by atomic mass is 79.9. The van der Waals surface area contributed by atoms with Crippen LogP contribution in [0.1, 0.15) is 39.5 Å². The Balaban J connectivity index is -0.000000720. The fourth-order valence-electron chi connectivity index (χ4n) is 1.13. The molecule has 0 rings (SSSR count). The first kappa shape index (κ1) is 21.0. The van der Waals surface area contributed by atoms with Gasteiger partial charge >= 0.3 is 0 Å². The van der Waals surface area contributed by atoms with Gasteiger partial charge in [0.15, 0.2) is 0 Å². The van der Waals surface area contributed by atoms with Gasteiger partial charge in [-0.1, -0.05) is 24.5 Å². The van der Waals surface area contributed by atoms with Gasteiger partial charge in [-0.25, -0.2) is 0 Å². The molecule has 0 unspecified atom stereocenters. The Hall–Kier alpha value is 0.620. The number of allylic oxidation sites excluding steroid dienone is 1. The van der Waals surface area contributed by atoms with E-state index in [1.165, 1.54) is 31.3 Å². The van der Waals surface area contributed by atoms with Gasteiger partial charge in [-0.2, -0.15) is 0 Å². The second-order valence-corrected chi connectivity index (χ2v) is 3.69. The Morgan fingerprint density at radius 2 is 1.67 bits per heavy atom.